The van der Waals surface area contributed by atoms with Crippen LogP contribution in [0.25, 0.3) is 0 Å². The number of hydrogen-bond acceptors (Lipinski definition) is 4. The van der Waals surface area contributed by atoms with Crippen molar-refractivity contribution in [2.75, 3.05) is 26.4 Å². The fourth-order valence-corrected chi connectivity index (χ4v) is 1.02. The second kappa shape index (κ2) is 5.16. The topological polar surface area (TPSA) is 67.8 Å². The second-order valence-electron chi connectivity index (χ2n) is 3.03. The van der Waals surface area contributed by atoms with E-state index in [1.807, 2.05) is 0 Å². The number of carbonyl (C=O) groups excluding carboxylic acids is 1. The van der Waals surface area contributed by atoms with Gasteiger partial charge in [-0.2, -0.15) is 0 Å². The quantitative estimate of drug-likeness (QED) is 0.591. The summed E-state index contributed by atoms with van der Waals surface area (Å²) in [6, 6.07) is -0.238. The highest BCUT2D eigenvalue weighted by Gasteiger charge is 2.23. The van der Waals surface area contributed by atoms with Gasteiger partial charge in [0.25, 0.3) is 5.91 Å². The Balaban J connectivity index is 2.29. The molecule has 0 radical (unpaired) electrons. The van der Waals surface area contributed by atoms with Gasteiger partial charge in [0.2, 0.25) is 0 Å². The Hall–Kier alpha value is -0.650. The molecule has 1 aliphatic rings. The van der Waals surface area contributed by atoms with Gasteiger partial charge in [0.1, 0.15) is 0 Å². The van der Waals surface area contributed by atoms with Crippen LogP contribution < -0.4 is 5.32 Å². The van der Waals surface area contributed by atoms with Gasteiger partial charge in [-0.05, 0) is 6.92 Å². The van der Waals surface area contributed by atoms with Gasteiger partial charge in [-0.3, -0.25) is 4.79 Å². The van der Waals surface area contributed by atoms with Gasteiger partial charge in [0.15, 0.2) is 6.10 Å². The Bertz CT molecular complexity index is 168. The smallest absolute Gasteiger partial charge is 0.251 e. The Labute approximate surface area is 77.0 Å². The summed E-state index contributed by atoms with van der Waals surface area (Å²) < 4.78 is 10.2. The minimum atomic E-state index is -0.525. The molecule has 76 valence electrons. The van der Waals surface area contributed by atoms with Crippen molar-refractivity contribution >= 4 is 5.91 Å². The molecule has 1 amide bonds. The van der Waals surface area contributed by atoms with Crippen LogP contribution in [-0.2, 0) is 14.3 Å². The molecule has 0 aliphatic carbocycles. The van der Waals surface area contributed by atoms with Crippen LogP contribution in [0, 0.1) is 0 Å². The molecule has 1 aliphatic heterocycles. The van der Waals surface area contributed by atoms with Gasteiger partial charge in [0, 0.05) is 6.04 Å². The monoisotopic (exact) mass is 189 g/mol. The summed E-state index contributed by atoms with van der Waals surface area (Å²) in [5.74, 6) is -0.221. The van der Waals surface area contributed by atoms with E-state index >= 15 is 0 Å². The number of hydrogen-bond donors (Lipinski definition) is 2. The van der Waals surface area contributed by atoms with Crippen LogP contribution in [0.5, 0.6) is 0 Å². The van der Waals surface area contributed by atoms with E-state index in [0.717, 1.165) is 0 Å². The van der Waals surface area contributed by atoms with Crippen LogP contribution in [0.4, 0.5) is 0 Å². The number of carbonyl (C=O) groups is 1. The molecule has 2 N–H and O–H groups in total. The Morgan fingerprint density at radius 3 is 3.00 bits per heavy atom. The molecule has 0 aromatic carbocycles. The first-order valence-electron chi connectivity index (χ1n) is 4.34. The molecule has 0 spiro atoms. The summed E-state index contributed by atoms with van der Waals surface area (Å²) in [4.78, 5) is 11.3. The molecule has 1 heterocycles. The molecule has 0 aromatic heterocycles. The van der Waals surface area contributed by atoms with Gasteiger partial charge < -0.3 is 19.9 Å². The molecule has 0 saturated carbocycles. The van der Waals surface area contributed by atoms with E-state index in [1.54, 1.807) is 6.92 Å². The highest BCUT2D eigenvalue weighted by molar-refractivity contribution is 5.81. The summed E-state index contributed by atoms with van der Waals surface area (Å²) in [6.45, 7) is 2.94. The average molecular weight is 189 g/mol. The maximum Gasteiger partial charge on any atom is 0.251 e. The van der Waals surface area contributed by atoms with Crippen LogP contribution in [0.15, 0.2) is 0 Å². The first-order valence-corrected chi connectivity index (χ1v) is 4.34. The third kappa shape index (κ3) is 3.30. The Morgan fingerprint density at radius 2 is 2.46 bits per heavy atom. The Kier molecular flexibility index (Phi) is 4.14. The molecule has 5 heteroatoms. The molecular formula is C8H15NO4. The summed E-state index contributed by atoms with van der Waals surface area (Å²) in [5, 5.41) is 11.3. The summed E-state index contributed by atoms with van der Waals surface area (Å²) in [7, 11) is 0. The Morgan fingerprint density at radius 1 is 1.69 bits per heavy atom. The molecule has 2 atom stereocenters. The highest BCUT2D eigenvalue weighted by Crippen LogP contribution is 2.00. The third-order valence-corrected chi connectivity index (χ3v) is 1.77. The lowest BCUT2D eigenvalue weighted by atomic mass is 10.3. The maximum atomic E-state index is 11.3. The van der Waals surface area contributed by atoms with E-state index in [2.05, 4.69) is 5.32 Å². The van der Waals surface area contributed by atoms with E-state index in [4.69, 9.17) is 14.6 Å². The van der Waals surface area contributed by atoms with Gasteiger partial charge in [-0.25, -0.2) is 0 Å². The lowest BCUT2D eigenvalue weighted by Crippen LogP contribution is -2.46. The van der Waals surface area contributed by atoms with Gasteiger partial charge in [-0.1, -0.05) is 0 Å². The fourth-order valence-electron chi connectivity index (χ4n) is 1.02. The number of nitrogens with one attached hydrogen (secondary N) is 1. The zero-order valence-corrected chi connectivity index (χ0v) is 7.66. The van der Waals surface area contributed by atoms with Crippen LogP contribution in [0.1, 0.15) is 6.92 Å². The van der Waals surface area contributed by atoms with Crippen molar-refractivity contribution in [2.45, 2.75) is 19.1 Å². The molecule has 13 heavy (non-hydrogen) atoms. The normalized spacial score (nSPS) is 25.2. The number of aliphatic hydroxyl groups excluding tert-OH is 1. The molecule has 2 unspecified atom stereocenters. The van der Waals surface area contributed by atoms with E-state index in [1.165, 1.54) is 0 Å². The SMILES string of the molecule is CC(CO)NC(=O)C1COCCO1. The minimum absolute atomic E-state index is 0.0701. The molecule has 1 rings (SSSR count). The van der Waals surface area contributed by atoms with Crippen molar-refractivity contribution in [3.63, 3.8) is 0 Å². The van der Waals surface area contributed by atoms with Crippen LogP contribution in [-0.4, -0.2) is 49.6 Å². The van der Waals surface area contributed by atoms with Gasteiger partial charge in [0.05, 0.1) is 26.4 Å². The van der Waals surface area contributed by atoms with Crippen molar-refractivity contribution in [2.24, 2.45) is 0 Å². The van der Waals surface area contributed by atoms with E-state index in [-0.39, 0.29) is 18.6 Å². The number of ether oxygens (including phenoxy) is 2. The number of amides is 1. The average Bonchev–Trinajstić information content (AvgIpc) is 2.19. The summed E-state index contributed by atoms with van der Waals surface area (Å²) in [5.41, 5.74) is 0. The van der Waals surface area contributed by atoms with Crippen LogP contribution in [0.2, 0.25) is 0 Å². The van der Waals surface area contributed by atoms with E-state index in [9.17, 15) is 4.79 Å². The molecule has 0 aromatic rings. The van der Waals surface area contributed by atoms with Gasteiger partial charge >= 0.3 is 0 Å². The van der Waals surface area contributed by atoms with E-state index in [0.29, 0.717) is 19.8 Å². The molecule has 1 saturated heterocycles. The van der Waals surface area contributed by atoms with Crippen molar-refractivity contribution in [1.82, 2.24) is 5.32 Å². The van der Waals surface area contributed by atoms with E-state index < -0.39 is 6.10 Å². The zero-order valence-electron chi connectivity index (χ0n) is 7.66. The lowest BCUT2D eigenvalue weighted by molar-refractivity contribution is -0.148. The first kappa shape index (κ1) is 10.4. The number of rotatable bonds is 3. The van der Waals surface area contributed by atoms with Crippen molar-refractivity contribution in [3.8, 4) is 0 Å². The predicted molar refractivity (Wildman–Crippen MR) is 45.2 cm³/mol. The minimum Gasteiger partial charge on any atom is -0.394 e. The first-order chi connectivity index (χ1) is 6.24. The molecule has 5 nitrogen and oxygen atoms in total. The molecule has 0 bridgehead atoms. The number of aliphatic hydroxyl groups is 1. The van der Waals surface area contributed by atoms with Crippen LogP contribution >= 0.6 is 0 Å². The molecule has 1 fully saturated rings. The third-order valence-electron chi connectivity index (χ3n) is 1.77. The zero-order chi connectivity index (χ0) is 9.68. The summed E-state index contributed by atoms with van der Waals surface area (Å²) in [6.07, 6.45) is -0.525. The van der Waals surface area contributed by atoms with Crippen molar-refractivity contribution in [3.05, 3.63) is 0 Å². The van der Waals surface area contributed by atoms with Gasteiger partial charge in [-0.15, -0.1) is 0 Å². The highest BCUT2D eigenvalue weighted by atomic mass is 16.6. The lowest BCUT2D eigenvalue weighted by Gasteiger charge is -2.23. The summed E-state index contributed by atoms with van der Waals surface area (Å²) >= 11 is 0. The molecular weight excluding hydrogens is 174 g/mol. The van der Waals surface area contributed by atoms with Crippen molar-refractivity contribution in [1.29, 1.82) is 0 Å². The fraction of sp³-hybridized carbons (Fsp3) is 0.875. The maximum absolute atomic E-state index is 11.3. The largest absolute Gasteiger partial charge is 0.394 e. The second-order valence-corrected chi connectivity index (χ2v) is 3.03. The van der Waals surface area contributed by atoms with Crippen molar-refractivity contribution < 1.29 is 19.4 Å². The van der Waals surface area contributed by atoms with Crippen LogP contribution in [0.3, 0.4) is 0 Å². The standard InChI is InChI=1S/C8H15NO4/c1-6(4-10)9-8(11)7-5-12-2-3-13-7/h6-7,10H,2-5H2,1H3,(H,9,11). The predicted octanol–water partition coefficient (Wildman–Crippen LogP) is -1.10.